The lowest BCUT2D eigenvalue weighted by molar-refractivity contribution is -0.119. The van der Waals surface area contributed by atoms with Crippen LogP contribution in [0.25, 0.3) is 0 Å². The van der Waals surface area contributed by atoms with Crippen molar-refractivity contribution in [2.24, 2.45) is 0 Å². The molecule has 0 atom stereocenters. The molecule has 2 amide bonds. The summed E-state index contributed by atoms with van der Waals surface area (Å²) in [5.74, 6) is -0.180. The molecule has 0 unspecified atom stereocenters. The monoisotopic (exact) mass is 346 g/mol. The quantitative estimate of drug-likeness (QED) is 0.661. The highest BCUT2D eigenvalue weighted by atomic mass is 32.2. The van der Waals surface area contributed by atoms with Gasteiger partial charge in [-0.15, -0.1) is 23.1 Å². The fraction of sp³-hybridized carbons (Fsp3) is 0.294. The fourth-order valence-electron chi connectivity index (χ4n) is 2.53. The Kier molecular flexibility index (Phi) is 5.03. The standard InChI is InChI=1S/C17H18N2O2S2/c1-11-5-2-3-7-13(11)22-10-16(20)18-19-17(21)15-9-12-6-4-8-14(12)23-15/h2-3,5,7,9H,4,6,8,10H2,1H3,(H,18,20)(H,19,21). The van der Waals surface area contributed by atoms with Crippen molar-refractivity contribution in [2.75, 3.05) is 5.75 Å². The molecule has 3 rings (SSSR count). The van der Waals surface area contributed by atoms with Gasteiger partial charge in [0.2, 0.25) is 5.91 Å². The van der Waals surface area contributed by atoms with Crippen molar-refractivity contribution in [3.8, 4) is 0 Å². The summed E-state index contributed by atoms with van der Waals surface area (Å²) in [5.41, 5.74) is 7.40. The zero-order valence-electron chi connectivity index (χ0n) is 12.8. The molecule has 0 radical (unpaired) electrons. The minimum atomic E-state index is -0.237. The van der Waals surface area contributed by atoms with Crippen molar-refractivity contribution < 1.29 is 9.59 Å². The summed E-state index contributed by atoms with van der Waals surface area (Å²) in [7, 11) is 0. The van der Waals surface area contributed by atoms with Gasteiger partial charge in [0.1, 0.15) is 0 Å². The van der Waals surface area contributed by atoms with Crippen molar-refractivity contribution >= 4 is 34.9 Å². The number of fused-ring (bicyclic) bond motifs is 1. The number of rotatable bonds is 4. The summed E-state index contributed by atoms with van der Waals surface area (Å²) in [5, 5.41) is 0. The van der Waals surface area contributed by atoms with Crippen LogP contribution in [0.15, 0.2) is 35.2 Å². The van der Waals surface area contributed by atoms with E-state index in [0.29, 0.717) is 4.88 Å². The van der Waals surface area contributed by atoms with E-state index in [-0.39, 0.29) is 17.6 Å². The van der Waals surface area contributed by atoms with Gasteiger partial charge in [-0.25, -0.2) is 0 Å². The highest BCUT2D eigenvalue weighted by molar-refractivity contribution is 8.00. The van der Waals surface area contributed by atoms with Crippen LogP contribution in [0.5, 0.6) is 0 Å². The molecule has 0 spiro atoms. The number of nitrogens with one attached hydrogen (secondary N) is 2. The Labute approximate surface area is 143 Å². The van der Waals surface area contributed by atoms with Crippen LogP contribution in [0.1, 0.15) is 32.1 Å². The smallest absolute Gasteiger partial charge is 0.272 e. The summed E-state index contributed by atoms with van der Waals surface area (Å²) < 4.78 is 0. The Bertz CT molecular complexity index is 718. The number of hydrazine groups is 1. The van der Waals surface area contributed by atoms with Crippen molar-refractivity contribution in [1.29, 1.82) is 0 Å². The lowest BCUT2D eigenvalue weighted by atomic mass is 10.2. The number of thiophene rings is 1. The van der Waals surface area contributed by atoms with E-state index in [9.17, 15) is 9.59 Å². The Morgan fingerprint density at radius 3 is 2.83 bits per heavy atom. The number of hydrogen-bond acceptors (Lipinski definition) is 4. The third-order valence-corrected chi connectivity index (χ3v) is 6.15. The first-order valence-corrected chi connectivity index (χ1v) is 9.33. The van der Waals surface area contributed by atoms with Crippen molar-refractivity contribution in [3.05, 3.63) is 51.2 Å². The van der Waals surface area contributed by atoms with E-state index in [1.165, 1.54) is 40.0 Å². The van der Waals surface area contributed by atoms with Gasteiger partial charge >= 0.3 is 0 Å². The number of benzene rings is 1. The maximum atomic E-state index is 12.1. The van der Waals surface area contributed by atoms with Crippen molar-refractivity contribution in [2.45, 2.75) is 31.1 Å². The van der Waals surface area contributed by atoms with Gasteiger partial charge < -0.3 is 0 Å². The Morgan fingerprint density at radius 1 is 1.22 bits per heavy atom. The molecule has 2 aromatic rings. The normalized spacial score (nSPS) is 12.7. The largest absolute Gasteiger partial charge is 0.279 e. The lowest BCUT2D eigenvalue weighted by Crippen LogP contribution is -2.42. The van der Waals surface area contributed by atoms with Crippen LogP contribution in [0.2, 0.25) is 0 Å². The van der Waals surface area contributed by atoms with Gasteiger partial charge in [-0.1, -0.05) is 18.2 Å². The molecule has 4 nitrogen and oxygen atoms in total. The van der Waals surface area contributed by atoms with Gasteiger partial charge in [0, 0.05) is 9.77 Å². The molecule has 0 saturated heterocycles. The Morgan fingerprint density at radius 2 is 2.04 bits per heavy atom. The van der Waals surface area contributed by atoms with E-state index < -0.39 is 0 Å². The second-order valence-electron chi connectivity index (χ2n) is 5.47. The summed E-state index contributed by atoms with van der Waals surface area (Å²) in [6.45, 7) is 2.01. The van der Waals surface area contributed by atoms with Gasteiger partial charge in [0.15, 0.2) is 0 Å². The molecule has 0 aliphatic heterocycles. The number of thioether (sulfide) groups is 1. The fourth-order valence-corrected chi connectivity index (χ4v) is 4.50. The van der Waals surface area contributed by atoms with Gasteiger partial charge in [0.25, 0.3) is 5.91 Å². The maximum Gasteiger partial charge on any atom is 0.279 e. The van der Waals surface area contributed by atoms with Crippen LogP contribution < -0.4 is 10.9 Å². The topological polar surface area (TPSA) is 58.2 Å². The maximum absolute atomic E-state index is 12.1. The number of carbonyl (C=O) groups is 2. The molecule has 0 fully saturated rings. The van der Waals surface area contributed by atoms with E-state index in [1.54, 1.807) is 0 Å². The lowest BCUT2D eigenvalue weighted by Gasteiger charge is -2.07. The molecular formula is C17H18N2O2S2. The van der Waals surface area contributed by atoms with Crippen molar-refractivity contribution in [3.63, 3.8) is 0 Å². The first-order chi connectivity index (χ1) is 11.1. The van der Waals surface area contributed by atoms with Crippen LogP contribution in [0, 0.1) is 6.92 Å². The molecule has 23 heavy (non-hydrogen) atoms. The second-order valence-corrected chi connectivity index (χ2v) is 7.62. The SMILES string of the molecule is Cc1ccccc1SCC(=O)NNC(=O)c1cc2c(s1)CCC2. The molecule has 1 aliphatic carbocycles. The third-order valence-electron chi connectivity index (χ3n) is 3.74. The zero-order chi connectivity index (χ0) is 16.2. The van der Waals surface area contributed by atoms with Crippen molar-refractivity contribution in [1.82, 2.24) is 10.9 Å². The van der Waals surface area contributed by atoms with Crippen LogP contribution >= 0.6 is 23.1 Å². The average Bonchev–Trinajstić information content (AvgIpc) is 3.13. The molecule has 0 bridgehead atoms. The minimum absolute atomic E-state index is 0.212. The predicted octanol–water partition coefficient (Wildman–Crippen LogP) is 3.10. The van der Waals surface area contributed by atoms with E-state index in [1.807, 2.05) is 37.3 Å². The molecule has 1 aliphatic rings. The summed E-state index contributed by atoms with van der Waals surface area (Å²) in [6.07, 6.45) is 3.29. The molecule has 1 heterocycles. The highest BCUT2D eigenvalue weighted by Crippen LogP contribution is 2.30. The molecule has 1 aromatic heterocycles. The average molecular weight is 346 g/mol. The van der Waals surface area contributed by atoms with Gasteiger partial charge in [0.05, 0.1) is 10.6 Å². The number of aryl methyl sites for hydroxylation is 3. The van der Waals surface area contributed by atoms with Gasteiger partial charge in [-0.05, 0) is 49.4 Å². The van der Waals surface area contributed by atoms with Crippen LogP contribution in [0.3, 0.4) is 0 Å². The Balaban J connectivity index is 1.47. The van der Waals surface area contributed by atoms with E-state index in [0.717, 1.165) is 23.3 Å². The summed E-state index contributed by atoms with van der Waals surface area (Å²) >= 11 is 2.99. The van der Waals surface area contributed by atoms with Crippen LogP contribution in [-0.4, -0.2) is 17.6 Å². The zero-order valence-corrected chi connectivity index (χ0v) is 14.5. The summed E-state index contributed by atoms with van der Waals surface area (Å²) in [6, 6.07) is 9.86. The predicted molar refractivity (Wildman–Crippen MR) is 93.9 cm³/mol. The molecule has 1 aromatic carbocycles. The van der Waals surface area contributed by atoms with Crippen LogP contribution in [0.4, 0.5) is 0 Å². The van der Waals surface area contributed by atoms with E-state index >= 15 is 0 Å². The van der Waals surface area contributed by atoms with E-state index in [4.69, 9.17) is 0 Å². The minimum Gasteiger partial charge on any atom is -0.272 e. The first-order valence-electron chi connectivity index (χ1n) is 7.52. The van der Waals surface area contributed by atoms with Gasteiger partial charge in [-0.2, -0.15) is 0 Å². The second kappa shape index (κ2) is 7.19. The van der Waals surface area contributed by atoms with Crippen LogP contribution in [-0.2, 0) is 17.6 Å². The first kappa shape index (κ1) is 16.1. The molecule has 6 heteroatoms. The Hall–Kier alpha value is -1.79. The number of amides is 2. The molecular weight excluding hydrogens is 328 g/mol. The third kappa shape index (κ3) is 3.95. The highest BCUT2D eigenvalue weighted by Gasteiger charge is 2.18. The number of hydrogen-bond donors (Lipinski definition) is 2. The summed E-state index contributed by atoms with van der Waals surface area (Å²) in [4.78, 5) is 27.0. The van der Waals surface area contributed by atoms with Gasteiger partial charge in [-0.3, -0.25) is 20.4 Å². The number of carbonyl (C=O) groups excluding carboxylic acids is 2. The molecule has 120 valence electrons. The molecule has 2 N–H and O–H groups in total. The molecule has 0 saturated carbocycles. The van der Waals surface area contributed by atoms with E-state index in [2.05, 4.69) is 10.9 Å².